The molecule has 12 heavy (non-hydrogen) atoms. The summed E-state index contributed by atoms with van der Waals surface area (Å²) in [6, 6.07) is 0. The van der Waals surface area contributed by atoms with Crippen molar-refractivity contribution in [2.75, 3.05) is 0 Å². The van der Waals surface area contributed by atoms with Crippen molar-refractivity contribution in [1.29, 1.82) is 0 Å². The van der Waals surface area contributed by atoms with Gasteiger partial charge in [-0.2, -0.15) is 0 Å². The van der Waals surface area contributed by atoms with Crippen LogP contribution in [0.3, 0.4) is 0 Å². The Bertz CT molecular complexity index is 207. The summed E-state index contributed by atoms with van der Waals surface area (Å²) >= 11 is -2.30. The Morgan fingerprint density at radius 3 is 2.75 bits per heavy atom. The first-order valence-electron chi connectivity index (χ1n) is 4.41. The van der Waals surface area contributed by atoms with E-state index in [2.05, 4.69) is 19.1 Å². The van der Waals surface area contributed by atoms with E-state index in [1.165, 1.54) is 28.0 Å². The first kappa shape index (κ1) is 11.1. The average Bonchev–Trinajstić information content (AvgIpc) is 2.48. The molecule has 0 saturated heterocycles. The third-order valence-electron chi connectivity index (χ3n) is 2.07. The number of allylic oxidation sites excluding steroid dienone is 4. The van der Waals surface area contributed by atoms with Gasteiger partial charge < -0.3 is 0 Å². The van der Waals surface area contributed by atoms with E-state index in [9.17, 15) is 0 Å². The molecule has 0 unspecified atom stereocenters. The van der Waals surface area contributed by atoms with Crippen molar-refractivity contribution in [3.8, 4) is 0 Å². The second kappa shape index (κ2) is 5.66. The molecule has 0 aliphatic heterocycles. The molecule has 0 atom stereocenters. The van der Waals surface area contributed by atoms with Gasteiger partial charge in [-0.15, -0.1) is 0 Å². The van der Waals surface area contributed by atoms with Crippen molar-refractivity contribution >= 4 is 36.9 Å². The monoisotopic (exact) mass is 396 g/mol. The van der Waals surface area contributed by atoms with Gasteiger partial charge in [-0.05, 0) is 0 Å². The van der Waals surface area contributed by atoms with Crippen molar-refractivity contribution in [3.63, 3.8) is 0 Å². The van der Waals surface area contributed by atoms with Crippen LogP contribution in [0.4, 0.5) is 0 Å². The topological polar surface area (TPSA) is 0 Å². The summed E-state index contributed by atoms with van der Waals surface area (Å²) in [5.74, 6) is 0. The molecule has 1 aliphatic carbocycles. The molecule has 0 N–H and O–H groups in total. The number of unbranched alkanes of at least 4 members (excludes halogenated alkanes) is 1. The Hall–Kier alpha value is 0.982. The Balaban J connectivity index is 2.38. The maximum atomic E-state index is 5.96. The van der Waals surface area contributed by atoms with Crippen molar-refractivity contribution in [2.45, 2.75) is 32.6 Å². The quantitative estimate of drug-likeness (QED) is 0.632. The SMILES string of the molecule is CCCCC1=C[C]([Tl]([Cl])[Cl])=CC1. The third-order valence-corrected chi connectivity index (χ3v) is 10.0. The van der Waals surface area contributed by atoms with Gasteiger partial charge in [0.2, 0.25) is 0 Å². The van der Waals surface area contributed by atoms with Gasteiger partial charge in [0.05, 0.1) is 0 Å². The van der Waals surface area contributed by atoms with E-state index in [0.29, 0.717) is 0 Å². The van der Waals surface area contributed by atoms with Gasteiger partial charge in [0, 0.05) is 0 Å². The molecule has 0 fully saturated rings. The molecule has 0 saturated carbocycles. The molecule has 0 heterocycles. The molecule has 0 bridgehead atoms. The minimum atomic E-state index is -2.30. The van der Waals surface area contributed by atoms with E-state index in [1.54, 1.807) is 0 Å². The van der Waals surface area contributed by atoms with Crippen LogP contribution in [0, 0.1) is 0 Å². The normalized spacial score (nSPS) is 15.9. The molecule has 0 spiro atoms. The van der Waals surface area contributed by atoms with Crippen LogP contribution in [0.5, 0.6) is 0 Å². The Morgan fingerprint density at radius 1 is 1.50 bits per heavy atom. The molecule has 0 radical (unpaired) electrons. The Labute approximate surface area is 89.7 Å². The van der Waals surface area contributed by atoms with Crippen molar-refractivity contribution < 1.29 is 0 Å². The van der Waals surface area contributed by atoms with E-state index in [-0.39, 0.29) is 0 Å². The molecule has 66 valence electrons. The number of hydrogen-bond acceptors (Lipinski definition) is 0. The predicted octanol–water partition coefficient (Wildman–Crippen LogP) is 3.94. The van der Waals surface area contributed by atoms with E-state index in [1.807, 2.05) is 0 Å². The summed E-state index contributed by atoms with van der Waals surface area (Å²) in [6.45, 7) is 2.22. The fraction of sp³-hybridized carbons (Fsp3) is 0.556. The van der Waals surface area contributed by atoms with Crippen LogP contribution >= 0.6 is 16.6 Å². The Kier molecular flexibility index (Phi) is 5.21. The van der Waals surface area contributed by atoms with Crippen molar-refractivity contribution in [2.24, 2.45) is 0 Å². The van der Waals surface area contributed by atoms with E-state index < -0.39 is 20.3 Å². The Morgan fingerprint density at radius 2 is 2.25 bits per heavy atom. The van der Waals surface area contributed by atoms with Crippen LogP contribution in [0.1, 0.15) is 32.6 Å². The third kappa shape index (κ3) is 3.38. The number of hydrogen-bond donors (Lipinski definition) is 0. The van der Waals surface area contributed by atoms with Gasteiger partial charge in [0.1, 0.15) is 0 Å². The molecule has 0 aromatic rings. The van der Waals surface area contributed by atoms with Gasteiger partial charge in [-0.3, -0.25) is 0 Å². The van der Waals surface area contributed by atoms with Gasteiger partial charge >= 0.3 is 90.4 Å². The molecule has 0 aromatic carbocycles. The second-order valence-electron chi connectivity index (χ2n) is 3.12. The minimum absolute atomic E-state index is 1.10. The fourth-order valence-electron chi connectivity index (χ4n) is 1.33. The second-order valence-corrected chi connectivity index (χ2v) is 17.7. The summed E-state index contributed by atoms with van der Waals surface area (Å²) in [5.41, 5.74) is 1.53. The zero-order valence-corrected chi connectivity index (χ0v) is 13.3. The van der Waals surface area contributed by atoms with Crippen LogP contribution < -0.4 is 0 Å². The maximum absolute atomic E-state index is 5.96. The van der Waals surface area contributed by atoms with Crippen LogP contribution in [0.25, 0.3) is 0 Å². The first-order chi connectivity index (χ1) is 5.74. The molecule has 3 heteroatoms. The fourth-order valence-corrected chi connectivity index (χ4v) is 6.56. The summed E-state index contributed by atoms with van der Waals surface area (Å²) < 4.78 is 1.30. The molecular formula is C9H13Cl2Tl. The van der Waals surface area contributed by atoms with E-state index >= 15 is 0 Å². The summed E-state index contributed by atoms with van der Waals surface area (Å²) in [4.78, 5) is 0. The average molecular weight is 396 g/mol. The molecule has 1 rings (SSSR count). The van der Waals surface area contributed by atoms with Gasteiger partial charge in [0.15, 0.2) is 0 Å². The van der Waals surface area contributed by atoms with Crippen molar-refractivity contribution in [1.82, 2.24) is 0 Å². The molecule has 1 aliphatic rings. The van der Waals surface area contributed by atoms with Gasteiger partial charge in [0.25, 0.3) is 0 Å². The number of rotatable bonds is 4. The predicted molar refractivity (Wildman–Crippen MR) is 57.8 cm³/mol. The summed E-state index contributed by atoms with van der Waals surface area (Å²) in [7, 11) is 11.9. The molecule has 0 nitrogen and oxygen atoms in total. The first-order valence-corrected chi connectivity index (χ1v) is 17.7. The zero-order valence-electron chi connectivity index (χ0n) is 7.32. The zero-order chi connectivity index (χ0) is 8.97. The number of halogens is 2. The van der Waals surface area contributed by atoms with E-state index in [4.69, 9.17) is 16.6 Å². The van der Waals surface area contributed by atoms with Crippen LogP contribution in [-0.4, -0.2) is 20.3 Å². The standard InChI is InChI=1S/C9H13.2ClH.Tl/c1-2-3-6-9-7-4-5-8-9;;;/h4,8H,2-3,6-7H2,1H3;2*1H;/q;;;+2/p-2. The van der Waals surface area contributed by atoms with Crippen LogP contribution in [-0.2, 0) is 0 Å². The van der Waals surface area contributed by atoms with E-state index in [0.717, 1.165) is 6.42 Å². The van der Waals surface area contributed by atoms with Crippen molar-refractivity contribution in [3.05, 3.63) is 20.9 Å². The molecular weight excluding hydrogens is 383 g/mol. The molecule has 0 amide bonds. The summed E-state index contributed by atoms with van der Waals surface area (Å²) in [6.07, 6.45) is 9.34. The molecule has 0 aromatic heterocycles. The van der Waals surface area contributed by atoms with Gasteiger partial charge in [-0.25, -0.2) is 0 Å². The van der Waals surface area contributed by atoms with Crippen LogP contribution in [0.15, 0.2) is 20.9 Å². The summed E-state index contributed by atoms with van der Waals surface area (Å²) in [5, 5.41) is 0. The van der Waals surface area contributed by atoms with Crippen LogP contribution in [0.2, 0.25) is 0 Å². The van der Waals surface area contributed by atoms with Gasteiger partial charge in [-0.1, -0.05) is 0 Å².